The molecular weight excluding hydrogens is 362 g/mol. The number of alkyl halides is 4. The fourth-order valence-electron chi connectivity index (χ4n) is 2.59. The number of nitrogens with two attached hydrogens (primary N) is 1. The van der Waals surface area contributed by atoms with E-state index in [4.69, 9.17) is 11.0 Å². The van der Waals surface area contributed by atoms with Crippen molar-refractivity contribution in [3.8, 4) is 6.07 Å². The van der Waals surface area contributed by atoms with Gasteiger partial charge >= 0.3 is 6.18 Å². The minimum absolute atomic E-state index is 0.132. The van der Waals surface area contributed by atoms with Gasteiger partial charge in [0.2, 0.25) is 5.67 Å². The van der Waals surface area contributed by atoms with E-state index in [2.05, 4.69) is 5.32 Å². The summed E-state index contributed by atoms with van der Waals surface area (Å²) in [4.78, 5) is 12.4. The fourth-order valence-corrected chi connectivity index (χ4v) is 2.59. The van der Waals surface area contributed by atoms with Crippen LogP contribution in [0, 0.1) is 25.2 Å². The first kappa shape index (κ1) is 20.2. The summed E-state index contributed by atoms with van der Waals surface area (Å²) in [5, 5.41) is 11.5. The Balaban J connectivity index is 2.37. The highest BCUT2D eigenvalue weighted by Crippen LogP contribution is 2.43. The number of carbonyl (C=O) groups excluding carboxylic acids is 1. The molecule has 8 heteroatoms. The van der Waals surface area contributed by atoms with Crippen molar-refractivity contribution in [1.29, 1.82) is 5.26 Å². The fraction of sp³-hybridized carbons (Fsp3) is 0.263. The molecule has 2 aromatic rings. The number of nitriles is 1. The van der Waals surface area contributed by atoms with Gasteiger partial charge in [0.1, 0.15) is 6.07 Å². The molecule has 0 spiro atoms. The number of aryl methyl sites for hydroxylation is 2. The van der Waals surface area contributed by atoms with Gasteiger partial charge in [0.25, 0.3) is 5.91 Å². The van der Waals surface area contributed by atoms with Crippen LogP contribution < -0.4 is 11.1 Å². The second-order valence-corrected chi connectivity index (χ2v) is 6.35. The van der Waals surface area contributed by atoms with Crippen LogP contribution in [0.1, 0.15) is 39.5 Å². The predicted octanol–water partition coefficient (Wildman–Crippen LogP) is 4.76. The molecule has 0 aliphatic carbocycles. The Labute approximate surface area is 153 Å². The lowest BCUT2D eigenvalue weighted by atomic mass is 9.92. The van der Waals surface area contributed by atoms with E-state index >= 15 is 0 Å². The van der Waals surface area contributed by atoms with Gasteiger partial charge in [0.15, 0.2) is 0 Å². The number of benzene rings is 2. The quantitative estimate of drug-likeness (QED) is 0.596. The second-order valence-electron chi connectivity index (χ2n) is 6.35. The zero-order chi connectivity index (χ0) is 20.6. The van der Waals surface area contributed by atoms with Gasteiger partial charge in [0.05, 0.1) is 11.3 Å². The van der Waals surface area contributed by atoms with Gasteiger partial charge in [-0.2, -0.15) is 18.4 Å². The molecule has 0 saturated heterocycles. The Hall–Kier alpha value is -3.08. The first-order chi connectivity index (χ1) is 12.4. The lowest BCUT2D eigenvalue weighted by Gasteiger charge is -2.25. The third kappa shape index (κ3) is 3.87. The average molecular weight is 379 g/mol. The first-order valence-electron chi connectivity index (χ1n) is 7.87. The van der Waals surface area contributed by atoms with Crippen LogP contribution in [-0.2, 0) is 5.67 Å². The SMILES string of the molecule is Cc1cc(C(C)(F)C(F)(F)F)cc(C)c1NC(=O)c1ccc(C#N)c(N)c1. The van der Waals surface area contributed by atoms with Gasteiger partial charge in [-0.25, -0.2) is 4.39 Å². The van der Waals surface area contributed by atoms with E-state index in [9.17, 15) is 22.4 Å². The molecule has 1 unspecified atom stereocenters. The Bertz CT molecular complexity index is 920. The maximum absolute atomic E-state index is 14.2. The van der Waals surface area contributed by atoms with Gasteiger partial charge < -0.3 is 11.1 Å². The normalized spacial score (nSPS) is 13.6. The van der Waals surface area contributed by atoms with E-state index in [0.717, 1.165) is 12.1 Å². The molecular formula is C19H17F4N3O. The number of hydrogen-bond acceptors (Lipinski definition) is 3. The maximum Gasteiger partial charge on any atom is 0.426 e. The minimum atomic E-state index is -5.06. The van der Waals surface area contributed by atoms with Crippen molar-refractivity contribution >= 4 is 17.3 Å². The Morgan fingerprint density at radius 1 is 1.11 bits per heavy atom. The highest BCUT2D eigenvalue weighted by molar-refractivity contribution is 6.05. The predicted molar refractivity (Wildman–Crippen MR) is 94.0 cm³/mol. The molecule has 2 rings (SSSR count). The summed E-state index contributed by atoms with van der Waals surface area (Å²) in [5.41, 5.74) is 3.02. The molecule has 0 aliphatic rings. The lowest BCUT2D eigenvalue weighted by molar-refractivity contribution is -0.228. The summed E-state index contributed by atoms with van der Waals surface area (Å²) in [6, 6.07) is 8.13. The molecule has 1 atom stereocenters. The molecule has 4 nitrogen and oxygen atoms in total. The van der Waals surface area contributed by atoms with E-state index < -0.39 is 23.3 Å². The Kier molecular flexibility index (Phi) is 5.18. The van der Waals surface area contributed by atoms with Crippen LogP contribution in [0.15, 0.2) is 30.3 Å². The maximum atomic E-state index is 14.2. The van der Waals surface area contributed by atoms with Gasteiger partial charge in [-0.05, 0) is 55.7 Å². The largest absolute Gasteiger partial charge is 0.426 e. The first-order valence-corrected chi connectivity index (χ1v) is 7.87. The topological polar surface area (TPSA) is 78.9 Å². The molecule has 3 N–H and O–H groups in total. The van der Waals surface area contributed by atoms with Crippen LogP contribution in [0.5, 0.6) is 0 Å². The van der Waals surface area contributed by atoms with E-state index in [1.54, 1.807) is 0 Å². The van der Waals surface area contributed by atoms with Crippen molar-refractivity contribution in [2.45, 2.75) is 32.6 Å². The third-order valence-electron chi connectivity index (χ3n) is 4.28. The van der Waals surface area contributed by atoms with Gasteiger partial charge in [-0.15, -0.1) is 0 Å². The summed E-state index contributed by atoms with van der Waals surface area (Å²) in [5.74, 6) is -0.552. The summed E-state index contributed by atoms with van der Waals surface area (Å²) >= 11 is 0. The number of halogens is 4. The van der Waals surface area contributed by atoms with Crippen molar-refractivity contribution in [3.63, 3.8) is 0 Å². The van der Waals surface area contributed by atoms with E-state index in [-0.39, 0.29) is 33.6 Å². The summed E-state index contributed by atoms with van der Waals surface area (Å²) < 4.78 is 53.0. The van der Waals surface area contributed by atoms with Crippen LogP contribution in [0.3, 0.4) is 0 Å². The summed E-state index contributed by atoms with van der Waals surface area (Å²) in [6.07, 6.45) is -5.06. The molecule has 0 saturated carbocycles. The van der Waals surface area contributed by atoms with Gasteiger partial charge in [0, 0.05) is 11.3 Å². The summed E-state index contributed by atoms with van der Waals surface area (Å²) in [7, 11) is 0. The third-order valence-corrected chi connectivity index (χ3v) is 4.28. The Morgan fingerprint density at radius 3 is 2.11 bits per heavy atom. The second kappa shape index (κ2) is 6.91. The van der Waals surface area contributed by atoms with Crippen LogP contribution in [0.25, 0.3) is 0 Å². The molecule has 2 aromatic carbocycles. The molecule has 1 amide bonds. The molecule has 0 bridgehead atoms. The number of hydrogen-bond donors (Lipinski definition) is 2. The number of rotatable bonds is 3. The molecule has 0 radical (unpaired) electrons. The molecule has 0 aromatic heterocycles. The standard InChI is InChI=1S/C19H17F4N3O/c1-10-6-14(18(3,20)19(21,22)23)7-11(2)16(10)26-17(27)12-4-5-13(9-24)15(25)8-12/h4-8H,25H2,1-3H3,(H,26,27). The number of nitrogen functional groups attached to an aromatic ring is 1. The van der Waals surface area contributed by atoms with Crippen molar-refractivity contribution in [1.82, 2.24) is 0 Å². The van der Waals surface area contributed by atoms with Gasteiger partial charge in [-0.3, -0.25) is 4.79 Å². The van der Waals surface area contributed by atoms with Crippen molar-refractivity contribution in [2.24, 2.45) is 0 Å². The van der Waals surface area contributed by atoms with Gasteiger partial charge in [-0.1, -0.05) is 12.1 Å². The van der Waals surface area contributed by atoms with Crippen LogP contribution in [0.2, 0.25) is 0 Å². The zero-order valence-corrected chi connectivity index (χ0v) is 14.8. The van der Waals surface area contributed by atoms with Crippen molar-refractivity contribution in [3.05, 3.63) is 58.1 Å². The summed E-state index contributed by atoms with van der Waals surface area (Å²) in [6.45, 7) is 3.41. The molecule has 0 fully saturated rings. The zero-order valence-electron chi connectivity index (χ0n) is 14.8. The molecule has 0 heterocycles. The monoisotopic (exact) mass is 379 g/mol. The highest BCUT2D eigenvalue weighted by Gasteiger charge is 2.53. The number of nitrogens with one attached hydrogen (secondary N) is 1. The van der Waals surface area contributed by atoms with Crippen LogP contribution in [-0.4, -0.2) is 12.1 Å². The minimum Gasteiger partial charge on any atom is -0.398 e. The highest BCUT2D eigenvalue weighted by atomic mass is 19.4. The molecule has 142 valence electrons. The van der Waals surface area contributed by atoms with E-state index in [1.807, 2.05) is 6.07 Å². The average Bonchev–Trinajstić information content (AvgIpc) is 2.56. The lowest BCUT2D eigenvalue weighted by Crippen LogP contribution is -2.35. The molecule has 27 heavy (non-hydrogen) atoms. The van der Waals surface area contributed by atoms with Crippen LogP contribution in [0.4, 0.5) is 28.9 Å². The smallest absolute Gasteiger partial charge is 0.398 e. The Morgan fingerprint density at radius 2 is 1.67 bits per heavy atom. The van der Waals surface area contributed by atoms with Crippen molar-refractivity contribution in [2.75, 3.05) is 11.1 Å². The number of nitrogens with zero attached hydrogens (tertiary/aromatic N) is 1. The molecule has 0 aliphatic heterocycles. The number of anilines is 2. The van der Waals surface area contributed by atoms with E-state index in [1.165, 1.54) is 32.0 Å². The van der Waals surface area contributed by atoms with Crippen molar-refractivity contribution < 1.29 is 22.4 Å². The van der Waals surface area contributed by atoms with Crippen LogP contribution >= 0.6 is 0 Å². The van der Waals surface area contributed by atoms with E-state index in [0.29, 0.717) is 6.92 Å². The number of amides is 1. The number of carbonyl (C=O) groups is 1.